The molecule has 3 aliphatic carbocycles. The summed E-state index contributed by atoms with van der Waals surface area (Å²) >= 11 is 0. The topological polar surface area (TPSA) is 249 Å². The van der Waals surface area contributed by atoms with Crippen LogP contribution < -0.4 is 31.8 Å². The van der Waals surface area contributed by atoms with Crippen molar-refractivity contribution in [3.63, 3.8) is 0 Å². The fourth-order valence-electron chi connectivity index (χ4n) is 14.3. The van der Waals surface area contributed by atoms with E-state index in [0.717, 1.165) is 52.4 Å². The minimum atomic E-state index is -1.55. The highest BCUT2D eigenvalue weighted by molar-refractivity contribution is 5.93. The van der Waals surface area contributed by atoms with Crippen molar-refractivity contribution in [1.82, 2.24) is 16.0 Å². The average molecular weight is 1010 g/mol. The normalized spacial score (nSPS) is 30.3. The van der Waals surface area contributed by atoms with E-state index in [1.54, 1.807) is 25.1 Å². The summed E-state index contributed by atoms with van der Waals surface area (Å²) < 4.78 is 21.2. The summed E-state index contributed by atoms with van der Waals surface area (Å²) in [7, 11) is 0. The maximum Gasteiger partial charge on any atom is 0.337 e. The third kappa shape index (κ3) is 8.22. The molecule has 4 bridgehead atoms. The van der Waals surface area contributed by atoms with Gasteiger partial charge < -0.3 is 60.9 Å². The Morgan fingerprint density at radius 1 is 1.03 bits per heavy atom. The van der Waals surface area contributed by atoms with E-state index < -0.39 is 65.4 Å². The number of esters is 1. The highest BCUT2D eigenvalue weighted by Gasteiger charge is 2.58. The minimum absolute atomic E-state index is 0.0162. The van der Waals surface area contributed by atoms with Crippen LogP contribution in [0.15, 0.2) is 116 Å². The van der Waals surface area contributed by atoms with Gasteiger partial charge in [-0.05, 0) is 152 Å². The number of benzene rings is 3. The third-order valence-corrected chi connectivity index (χ3v) is 17.8. The molecule has 4 aromatic rings. The Balaban J connectivity index is 1.16. The number of carbonyl (C=O) groups is 1. The zero-order chi connectivity index (χ0) is 51.8. The molecule has 2 saturated carbocycles. The number of phenols is 2. The summed E-state index contributed by atoms with van der Waals surface area (Å²) in [5.74, 6) is -3.12. The van der Waals surface area contributed by atoms with Crippen LogP contribution in [0.2, 0.25) is 0 Å². The number of aryl methyl sites for hydroxylation is 1. The van der Waals surface area contributed by atoms with Gasteiger partial charge in [0.05, 0.1) is 30.6 Å². The maximum absolute atomic E-state index is 15.3. The van der Waals surface area contributed by atoms with Crippen molar-refractivity contribution in [2.24, 2.45) is 23.5 Å². The number of ether oxygens (including phenoxy) is 2. The lowest BCUT2D eigenvalue weighted by molar-refractivity contribution is -0.171. The van der Waals surface area contributed by atoms with Crippen molar-refractivity contribution < 1.29 is 49.3 Å². The molecule has 74 heavy (non-hydrogen) atoms. The van der Waals surface area contributed by atoms with E-state index in [2.05, 4.69) is 41.2 Å². The highest BCUT2D eigenvalue weighted by atomic mass is 16.6. The fraction of sp³-hybridized carbons (Fsp3) is 0.458. The molecule has 11 N–H and O–H groups in total. The van der Waals surface area contributed by atoms with E-state index in [-0.39, 0.29) is 82.7 Å². The molecule has 0 saturated heterocycles. The van der Waals surface area contributed by atoms with Gasteiger partial charge in [-0.3, -0.25) is 10.1 Å². The standard InChI is InChI=1S/C59H68N4O11/c1-4-44(59(71)17-15-34(25-59)32-8-6-7-30(19-32)27-64)57(70)73-47-24-42-53(69)51-46(68)23-37(28-65)72-55(51)52-49-40-16-18-62-56(60)50(40)39(14-10-31-9-12-36(67)22-41(31)43(49)29-66)38-13-11-33-21-48(61-5-2)63-26-35(33)20-45(38)58(47,3)74-54(42)52/h4,6-9,12,16,19,21-23,26,34,38-39,43,45,47-49,61-67,69,71H,5,10-11,13-15,17-18,20,24-25,27-29,60H2,1-3H3. The Morgan fingerprint density at radius 3 is 2.64 bits per heavy atom. The van der Waals surface area contributed by atoms with Gasteiger partial charge in [0.25, 0.3) is 0 Å². The molecule has 15 heteroatoms. The van der Waals surface area contributed by atoms with Crippen molar-refractivity contribution in [3.8, 4) is 17.2 Å². The highest BCUT2D eigenvalue weighted by Crippen LogP contribution is 2.61. The van der Waals surface area contributed by atoms with Crippen molar-refractivity contribution >= 4 is 16.9 Å². The number of dihydropyridines is 2. The van der Waals surface area contributed by atoms with Crippen LogP contribution in [0.1, 0.15) is 123 Å². The van der Waals surface area contributed by atoms with Gasteiger partial charge in [0.15, 0.2) is 5.43 Å². The fourth-order valence-corrected chi connectivity index (χ4v) is 14.3. The Hall–Kier alpha value is -6.36. The number of hydrogen-bond acceptors (Lipinski definition) is 15. The van der Waals surface area contributed by atoms with E-state index in [9.17, 15) is 35.4 Å². The van der Waals surface area contributed by atoms with E-state index in [4.69, 9.17) is 19.6 Å². The molecule has 0 amide bonds. The molecule has 10 unspecified atom stereocenters. The molecule has 10 atom stereocenters. The predicted molar refractivity (Wildman–Crippen MR) is 278 cm³/mol. The molecule has 1 aromatic heterocycles. The summed E-state index contributed by atoms with van der Waals surface area (Å²) in [5, 5.41) is 79.2. The number of fused-ring (bicyclic) bond motifs is 9. The van der Waals surface area contributed by atoms with Gasteiger partial charge in [-0.25, -0.2) is 4.79 Å². The predicted octanol–water partition coefficient (Wildman–Crippen LogP) is 6.34. The quantitative estimate of drug-likeness (QED) is 0.0649. The second kappa shape index (κ2) is 19.4. The summed E-state index contributed by atoms with van der Waals surface area (Å²) in [6.07, 6.45) is 10.9. The van der Waals surface area contributed by atoms with Crippen LogP contribution in [0.25, 0.3) is 11.0 Å². The largest absolute Gasteiger partial charge is 0.508 e. The van der Waals surface area contributed by atoms with E-state index in [1.165, 1.54) is 5.57 Å². The Labute approximate surface area is 430 Å². The monoisotopic (exact) mass is 1010 g/mol. The number of allylic oxidation sites excluding steroid dienone is 5. The number of hydrogen-bond donors (Lipinski definition) is 10. The maximum atomic E-state index is 15.3. The number of rotatable bonds is 9. The molecule has 390 valence electrons. The zero-order valence-electron chi connectivity index (χ0n) is 42.2. The summed E-state index contributed by atoms with van der Waals surface area (Å²) in [6, 6.07) is 14.1. The van der Waals surface area contributed by atoms with Gasteiger partial charge in [-0.15, -0.1) is 0 Å². The lowest BCUT2D eigenvalue weighted by Gasteiger charge is -2.52. The molecule has 3 aromatic carbocycles. The molecule has 15 nitrogen and oxygen atoms in total. The minimum Gasteiger partial charge on any atom is -0.508 e. The Bertz CT molecular complexity index is 3150. The summed E-state index contributed by atoms with van der Waals surface area (Å²) in [6.45, 7) is 5.71. The summed E-state index contributed by atoms with van der Waals surface area (Å²) in [5.41, 5.74) is 11.7. The number of likely N-dealkylation sites (N-methyl/N-ethyl adjacent to an activating group) is 1. The number of aliphatic hydroxyl groups excluding tert-OH is 3. The SMILES string of the molecule is CC=C(C(=O)OC1Cc2c3c(c4oc(CO)cc(=O)c4c2O)C2C4=CCNC(N)=C4C(CCc4ccc(O)cc4C2CO)C2CCC4=CC(NCC)NC=C4CC2C1(C)O3)C1(O)CCC(c2cccc(CO)c2)C1. The first kappa shape index (κ1) is 49.8. The van der Waals surface area contributed by atoms with Crippen LogP contribution in [-0.4, -0.2) is 79.8 Å². The van der Waals surface area contributed by atoms with E-state index in [1.807, 2.05) is 37.3 Å². The number of aromatic hydroxyl groups is 2. The number of nitrogens with one attached hydrogen (secondary N) is 3. The number of nitrogens with two attached hydrogens (primary N) is 1. The van der Waals surface area contributed by atoms with Crippen LogP contribution in [0, 0.1) is 17.8 Å². The van der Waals surface area contributed by atoms with Crippen molar-refractivity contribution in [2.45, 2.75) is 133 Å². The van der Waals surface area contributed by atoms with E-state index in [0.29, 0.717) is 62.0 Å². The Kier molecular flexibility index (Phi) is 13.1. The first-order valence-electron chi connectivity index (χ1n) is 26.4. The molecule has 2 fully saturated rings. The molecule has 0 spiro atoms. The first-order valence-corrected chi connectivity index (χ1v) is 26.4. The molecular formula is C59H68N4O11. The lowest BCUT2D eigenvalue weighted by Crippen LogP contribution is -2.59. The summed E-state index contributed by atoms with van der Waals surface area (Å²) in [4.78, 5) is 29.8. The van der Waals surface area contributed by atoms with E-state index >= 15 is 4.79 Å². The van der Waals surface area contributed by atoms with Crippen LogP contribution in [-0.2, 0) is 35.6 Å². The molecule has 4 aliphatic heterocycles. The van der Waals surface area contributed by atoms with Crippen molar-refractivity contribution in [3.05, 3.63) is 156 Å². The van der Waals surface area contributed by atoms with Gasteiger partial charge in [0, 0.05) is 54.1 Å². The van der Waals surface area contributed by atoms with Gasteiger partial charge in [-0.2, -0.15) is 0 Å². The number of aliphatic hydroxyl groups is 4. The Morgan fingerprint density at radius 2 is 1.86 bits per heavy atom. The third-order valence-electron chi connectivity index (χ3n) is 17.8. The molecule has 0 radical (unpaired) electrons. The van der Waals surface area contributed by atoms with Crippen LogP contribution in [0.4, 0.5) is 0 Å². The molecule has 5 heterocycles. The second-order valence-electron chi connectivity index (χ2n) is 21.7. The number of carbonyl (C=O) groups excluding carboxylic acids is 1. The smallest absolute Gasteiger partial charge is 0.337 e. The van der Waals surface area contributed by atoms with Crippen LogP contribution in [0.3, 0.4) is 0 Å². The van der Waals surface area contributed by atoms with Crippen molar-refractivity contribution in [2.75, 3.05) is 19.7 Å². The van der Waals surface area contributed by atoms with Gasteiger partial charge in [0.1, 0.15) is 58.1 Å². The zero-order valence-corrected chi connectivity index (χ0v) is 42.2. The second-order valence-corrected chi connectivity index (χ2v) is 21.7. The van der Waals surface area contributed by atoms with Gasteiger partial charge >= 0.3 is 5.97 Å². The average Bonchev–Trinajstić information content (AvgIpc) is 3.71. The van der Waals surface area contributed by atoms with Gasteiger partial charge in [-0.1, -0.05) is 49.4 Å². The van der Waals surface area contributed by atoms with Crippen molar-refractivity contribution in [1.29, 1.82) is 0 Å². The molecule has 7 aliphatic rings. The number of phenolic OH excluding ortho intramolecular Hbond substituents is 2. The first-order chi connectivity index (χ1) is 35.7. The molecule has 11 rings (SSSR count). The van der Waals surface area contributed by atoms with Crippen LogP contribution >= 0.6 is 0 Å². The molecular weight excluding hydrogens is 941 g/mol. The van der Waals surface area contributed by atoms with Crippen LogP contribution in [0.5, 0.6) is 17.2 Å². The van der Waals surface area contributed by atoms with Gasteiger partial charge in [0.2, 0.25) is 0 Å². The lowest BCUT2D eigenvalue weighted by atomic mass is 9.61.